The van der Waals surface area contributed by atoms with Crippen molar-refractivity contribution in [2.45, 2.75) is 26.1 Å². The minimum Gasteiger partial charge on any atom is -0.372 e. The summed E-state index contributed by atoms with van der Waals surface area (Å²) in [6.07, 6.45) is 1.22. The smallest absolute Gasteiger partial charge is 0.257 e. The van der Waals surface area contributed by atoms with E-state index in [0.717, 1.165) is 0 Å². The van der Waals surface area contributed by atoms with Crippen LogP contribution in [-0.2, 0) is 4.74 Å². The van der Waals surface area contributed by atoms with Gasteiger partial charge < -0.3 is 15.1 Å². The maximum Gasteiger partial charge on any atom is 0.257 e. The number of amides is 1. The minimum absolute atomic E-state index is 0.0377. The average molecular weight is 268 g/mol. The Morgan fingerprint density at radius 3 is 2.74 bits per heavy atom. The molecule has 1 aliphatic rings. The molecule has 0 spiro atoms. The van der Waals surface area contributed by atoms with E-state index in [0.29, 0.717) is 13.1 Å². The Balaban J connectivity index is 2.24. The summed E-state index contributed by atoms with van der Waals surface area (Å²) in [6.45, 7) is 4.64. The predicted molar refractivity (Wildman–Crippen MR) is 67.9 cm³/mol. The molecular weight excluding hydrogens is 251 g/mol. The number of rotatable bonds is 2. The van der Waals surface area contributed by atoms with E-state index in [1.807, 2.05) is 13.8 Å². The highest BCUT2D eigenvalue weighted by molar-refractivity contribution is 5.95. The van der Waals surface area contributed by atoms with Crippen molar-refractivity contribution in [2.75, 3.05) is 18.5 Å². The molecule has 0 radical (unpaired) electrons. The van der Waals surface area contributed by atoms with Gasteiger partial charge in [0, 0.05) is 19.3 Å². The van der Waals surface area contributed by atoms with E-state index < -0.39 is 5.82 Å². The van der Waals surface area contributed by atoms with Gasteiger partial charge in [-0.1, -0.05) is 0 Å². The van der Waals surface area contributed by atoms with Crippen molar-refractivity contribution in [3.05, 3.63) is 23.6 Å². The van der Waals surface area contributed by atoms with Crippen LogP contribution in [0.3, 0.4) is 0 Å². The summed E-state index contributed by atoms with van der Waals surface area (Å²) in [7, 11) is 0. The summed E-state index contributed by atoms with van der Waals surface area (Å²) in [6, 6.07) is 1.35. The molecule has 1 fully saturated rings. The summed E-state index contributed by atoms with van der Waals surface area (Å²) < 4.78 is 19.5. The molecule has 2 atom stereocenters. The second-order valence-corrected chi connectivity index (χ2v) is 4.63. The number of hydrazine groups is 1. The normalized spacial score (nSPS) is 23.3. The zero-order valence-corrected chi connectivity index (χ0v) is 10.9. The Kier molecular flexibility index (Phi) is 3.96. The molecule has 104 valence electrons. The van der Waals surface area contributed by atoms with Crippen molar-refractivity contribution in [3.8, 4) is 0 Å². The van der Waals surface area contributed by atoms with Crippen LogP contribution < -0.4 is 11.3 Å². The van der Waals surface area contributed by atoms with Crippen molar-refractivity contribution in [1.29, 1.82) is 0 Å². The number of halogens is 1. The summed E-state index contributed by atoms with van der Waals surface area (Å²) in [5.74, 6) is 3.90. The highest BCUT2D eigenvalue weighted by atomic mass is 19.1. The van der Waals surface area contributed by atoms with Gasteiger partial charge in [-0.05, 0) is 19.9 Å². The van der Waals surface area contributed by atoms with E-state index in [9.17, 15) is 9.18 Å². The molecule has 1 amide bonds. The number of nitrogen functional groups attached to an aromatic ring is 1. The molecule has 2 rings (SSSR count). The molecule has 3 N–H and O–H groups in total. The molecule has 19 heavy (non-hydrogen) atoms. The van der Waals surface area contributed by atoms with Gasteiger partial charge in [-0.25, -0.2) is 15.2 Å². The molecule has 0 bridgehead atoms. The summed E-state index contributed by atoms with van der Waals surface area (Å²) in [5, 5.41) is 0. The number of anilines is 1. The van der Waals surface area contributed by atoms with Crippen molar-refractivity contribution in [3.63, 3.8) is 0 Å². The van der Waals surface area contributed by atoms with Crippen LogP contribution in [0, 0.1) is 5.82 Å². The molecule has 1 saturated heterocycles. The third kappa shape index (κ3) is 2.82. The van der Waals surface area contributed by atoms with Crippen molar-refractivity contribution in [2.24, 2.45) is 5.84 Å². The fourth-order valence-electron chi connectivity index (χ4n) is 2.22. The van der Waals surface area contributed by atoms with Gasteiger partial charge in [-0.2, -0.15) is 0 Å². The SMILES string of the molecule is C[C@@H]1CN(C(=O)c2ccnc(NN)c2F)C[C@H](C)O1. The Morgan fingerprint density at radius 2 is 2.16 bits per heavy atom. The van der Waals surface area contributed by atoms with Gasteiger partial charge in [0.05, 0.1) is 17.8 Å². The second kappa shape index (κ2) is 5.50. The number of ether oxygens (including phenoxy) is 1. The van der Waals surface area contributed by atoms with Gasteiger partial charge in [-0.3, -0.25) is 4.79 Å². The van der Waals surface area contributed by atoms with Crippen molar-refractivity contribution in [1.82, 2.24) is 9.88 Å². The number of morpholine rings is 1. The number of pyridine rings is 1. The fraction of sp³-hybridized carbons (Fsp3) is 0.500. The van der Waals surface area contributed by atoms with E-state index in [-0.39, 0.29) is 29.5 Å². The van der Waals surface area contributed by atoms with Gasteiger partial charge in [-0.15, -0.1) is 0 Å². The monoisotopic (exact) mass is 268 g/mol. The van der Waals surface area contributed by atoms with Gasteiger partial charge in [0.15, 0.2) is 11.6 Å². The first kappa shape index (κ1) is 13.7. The molecule has 1 aromatic heterocycles. The van der Waals surface area contributed by atoms with Crippen LogP contribution in [0.4, 0.5) is 10.2 Å². The summed E-state index contributed by atoms with van der Waals surface area (Å²) >= 11 is 0. The second-order valence-electron chi connectivity index (χ2n) is 4.63. The molecular formula is C12H17FN4O2. The first-order valence-corrected chi connectivity index (χ1v) is 6.08. The number of carbonyl (C=O) groups is 1. The standard InChI is InChI=1S/C12H17FN4O2/c1-7-5-17(6-8(2)19-7)12(18)9-3-4-15-11(16-14)10(9)13/h3-4,7-8H,5-6,14H2,1-2H3,(H,15,16)/t7-,8+. The van der Waals surface area contributed by atoms with Crippen LogP contribution >= 0.6 is 0 Å². The quantitative estimate of drug-likeness (QED) is 0.611. The molecule has 1 aromatic rings. The minimum atomic E-state index is -0.734. The number of nitrogens with zero attached hydrogens (tertiary/aromatic N) is 2. The Morgan fingerprint density at radius 1 is 1.53 bits per heavy atom. The van der Waals surface area contributed by atoms with Crippen LogP contribution in [0.25, 0.3) is 0 Å². The molecule has 1 aliphatic heterocycles. The summed E-state index contributed by atoms with van der Waals surface area (Å²) in [5.41, 5.74) is 2.09. The number of hydrogen-bond acceptors (Lipinski definition) is 5. The Hall–Kier alpha value is -1.73. The highest BCUT2D eigenvalue weighted by Gasteiger charge is 2.28. The highest BCUT2D eigenvalue weighted by Crippen LogP contribution is 2.19. The lowest BCUT2D eigenvalue weighted by atomic mass is 10.1. The Labute approximate surface area is 110 Å². The number of hydrogen-bond donors (Lipinski definition) is 2. The first-order chi connectivity index (χ1) is 9.02. The number of aromatic nitrogens is 1. The topological polar surface area (TPSA) is 80.5 Å². The van der Waals surface area contributed by atoms with Gasteiger partial charge >= 0.3 is 0 Å². The molecule has 0 unspecified atom stereocenters. The van der Waals surface area contributed by atoms with Gasteiger partial charge in [0.25, 0.3) is 5.91 Å². The van der Waals surface area contributed by atoms with Crippen molar-refractivity contribution < 1.29 is 13.9 Å². The zero-order valence-electron chi connectivity index (χ0n) is 10.9. The lowest BCUT2D eigenvalue weighted by molar-refractivity contribution is -0.0587. The summed E-state index contributed by atoms with van der Waals surface area (Å²) in [4.78, 5) is 17.6. The van der Waals surface area contributed by atoms with Crippen LogP contribution in [0.5, 0.6) is 0 Å². The largest absolute Gasteiger partial charge is 0.372 e. The predicted octanol–water partition coefficient (Wildman–Crippen LogP) is 0.756. The average Bonchev–Trinajstić information content (AvgIpc) is 2.37. The van der Waals surface area contributed by atoms with E-state index >= 15 is 0 Å². The molecule has 6 nitrogen and oxygen atoms in total. The van der Waals surface area contributed by atoms with E-state index in [1.165, 1.54) is 12.3 Å². The van der Waals surface area contributed by atoms with E-state index in [2.05, 4.69) is 10.4 Å². The van der Waals surface area contributed by atoms with Crippen LogP contribution in [0.2, 0.25) is 0 Å². The third-order valence-corrected chi connectivity index (χ3v) is 2.96. The van der Waals surface area contributed by atoms with Gasteiger partial charge in [0.2, 0.25) is 0 Å². The number of nitrogens with two attached hydrogens (primary N) is 1. The number of nitrogens with one attached hydrogen (secondary N) is 1. The van der Waals surface area contributed by atoms with Crippen LogP contribution in [-0.4, -0.2) is 41.1 Å². The van der Waals surface area contributed by atoms with Crippen molar-refractivity contribution >= 4 is 11.7 Å². The van der Waals surface area contributed by atoms with E-state index in [4.69, 9.17) is 10.6 Å². The maximum absolute atomic E-state index is 14.0. The maximum atomic E-state index is 14.0. The third-order valence-electron chi connectivity index (χ3n) is 2.96. The van der Waals surface area contributed by atoms with Crippen LogP contribution in [0.15, 0.2) is 12.3 Å². The van der Waals surface area contributed by atoms with Gasteiger partial charge in [0.1, 0.15) is 0 Å². The Bertz CT molecular complexity index is 473. The fourth-order valence-corrected chi connectivity index (χ4v) is 2.22. The molecule has 0 saturated carbocycles. The van der Waals surface area contributed by atoms with E-state index in [1.54, 1.807) is 4.90 Å². The number of carbonyl (C=O) groups excluding carboxylic acids is 1. The van der Waals surface area contributed by atoms with Crippen LogP contribution in [0.1, 0.15) is 24.2 Å². The lowest BCUT2D eigenvalue weighted by Crippen LogP contribution is -2.48. The molecule has 0 aromatic carbocycles. The molecule has 2 heterocycles. The molecule has 0 aliphatic carbocycles. The zero-order chi connectivity index (χ0) is 14.0. The molecule has 7 heteroatoms. The first-order valence-electron chi connectivity index (χ1n) is 6.08. The lowest BCUT2D eigenvalue weighted by Gasteiger charge is -2.35.